The molecule has 0 aliphatic rings. The van der Waals surface area contributed by atoms with E-state index in [9.17, 15) is 4.79 Å². The molecule has 2 nitrogen and oxygen atoms in total. The van der Waals surface area contributed by atoms with Gasteiger partial charge in [0, 0.05) is 6.54 Å². The van der Waals surface area contributed by atoms with Gasteiger partial charge in [0.15, 0.2) is 0 Å². The predicted molar refractivity (Wildman–Crippen MR) is 46.3 cm³/mol. The third-order valence-electron chi connectivity index (χ3n) is 1.08. The SMILES string of the molecule is CCCNC(=O)C(C)(C)Br. The molecule has 0 aliphatic carbocycles. The maximum Gasteiger partial charge on any atom is 0.236 e. The molecule has 60 valence electrons. The summed E-state index contributed by atoms with van der Waals surface area (Å²) < 4.78 is -0.428. The Hall–Kier alpha value is -0.0500. The Kier molecular flexibility index (Phi) is 3.94. The lowest BCUT2D eigenvalue weighted by Crippen LogP contribution is -2.37. The van der Waals surface area contributed by atoms with Crippen LogP contribution in [0.1, 0.15) is 27.2 Å². The third kappa shape index (κ3) is 3.88. The lowest BCUT2D eigenvalue weighted by molar-refractivity contribution is -0.122. The van der Waals surface area contributed by atoms with Crippen molar-refractivity contribution >= 4 is 21.8 Å². The molecule has 0 atom stereocenters. The summed E-state index contributed by atoms with van der Waals surface area (Å²) in [5.74, 6) is 0.0503. The van der Waals surface area contributed by atoms with Crippen molar-refractivity contribution in [3.8, 4) is 0 Å². The van der Waals surface area contributed by atoms with Crippen LogP contribution >= 0.6 is 15.9 Å². The first-order chi connectivity index (χ1) is 4.48. The van der Waals surface area contributed by atoms with Crippen LogP contribution in [0.25, 0.3) is 0 Å². The van der Waals surface area contributed by atoms with Gasteiger partial charge in [0.2, 0.25) is 5.91 Å². The standard InChI is InChI=1S/C7H14BrNO/c1-4-5-9-6(10)7(2,3)8/h4-5H2,1-3H3,(H,9,10). The summed E-state index contributed by atoms with van der Waals surface area (Å²) in [5, 5.41) is 2.79. The number of amides is 1. The molecule has 0 saturated carbocycles. The Morgan fingerprint density at radius 3 is 2.40 bits per heavy atom. The highest BCUT2D eigenvalue weighted by Crippen LogP contribution is 2.14. The molecule has 0 bridgehead atoms. The van der Waals surface area contributed by atoms with Crippen LogP contribution in [0.4, 0.5) is 0 Å². The number of alkyl halides is 1. The fourth-order valence-corrected chi connectivity index (χ4v) is 0.589. The summed E-state index contributed by atoms with van der Waals surface area (Å²) in [6, 6.07) is 0. The molecule has 0 spiro atoms. The zero-order valence-electron chi connectivity index (χ0n) is 6.70. The van der Waals surface area contributed by atoms with Crippen molar-refractivity contribution in [3.63, 3.8) is 0 Å². The van der Waals surface area contributed by atoms with Gasteiger partial charge in [-0.05, 0) is 20.3 Å². The van der Waals surface area contributed by atoms with Gasteiger partial charge in [-0.3, -0.25) is 4.79 Å². The first kappa shape index (κ1) is 9.95. The summed E-state index contributed by atoms with van der Waals surface area (Å²) >= 11 is 3.26. The Morgan fingerprint density at radius 1 is 1.60 bits per heavy atom. The van der Waals surface area contributed by atoms with E-state index in [0.717, 1.165) is 13.0 Å². The largest absolute Gasteiger partial charge is 0.355 e. The number of halogens is 1. The Labute approximate surface area is 70.5 Å². The molecule has 3 heteroatoms. The minimum absolute atomic E-state index is 0.0503. The molecule has 1 amide bonds. The van der Waals surface area contributed by atoms with Crippen molar-refractivity contribution in [3.05, 3.63) is 0 Å². The second-order valence-corrected chi connectivity index (χ2v) is 4.71. The summed E-state index contributed by atoms with van der Waals surface area (Å²) in [6.45, 7) is 6.45. The third-order valence-corrected chi connectivity index (χ3v) is 1.44. The van der Waals surface area contributed by atoms with Crippen molar-refractivity contribution in [1.29, 1.82) is 0 Å². The average molecular weight is 208 g/mol. The van der Waals surface area contributed by atoms with Crippen LogP contribution in [0.3, 0.4) is 0 Å². The molecule has 10 heavy (non-hydrogen) atoms. The summed E-state index contributed by atoms with van der Waals surface area (Å²) in [5.41, 5.74) is 0. The highest BCUT2D eigenvalue weighted by Gasteiger charge is 2.22. The zero-order valence-corrected chi connectivity index (χ0v) is 8.29. The van der Waals surface area contributed by atoms with Gasteiger partial charge in [-0.25, -0.2) is 0 Å². The second-order valence-electron chi connectivity index (χ2n) is 2.73. The summed E-state index contributed by atoms with van der Waals surface area (Å²) in [4.78, 5) is 11.1. The number of carbonyl (C=O) groups is 1. The maximum absolute atomic E-state index is 11.1. The Bertz CT molecular complexity index is 117. The maximum atomic E-state index is 11.1. The molecule has 0 saturated heterocycles. The van der Waals surface area contributed by atoms with Gasteiger partial charge in [0.05, 0.1) is 4.32 Å². The second kappa shape index (κ2) is 3.96. The van der Waals surface area contributed by atoms with E-state index in [4.69, 9.17) is 0 Å². The monoisotopic (exact) mass is 207 g/mol. The van der Waals surface area contributed by atoms with E-state index in [2.05, 4.69) is 21.2 Å². The molecule has 0 rings (SSSR count). The molecule has 0 aliphatic heterocycles. The number of carbonyl (C=O) groups excluding carboxylic acids is 1. The smallest absolute Gasteiger partial charge is 0.236 e. The van der Waals surface area contributed by atoms with E-state index in [1.807, 2.05) is 20.8 Å². The normalized spacial score (nSPS) is 11.2. The highest BCUT2D eigenvalue weighted by atomic mass is 79.9. The fourth-order valence-electron chi connectivity index (χ4n) is 0.449. The number of rotatable bonds is 3. The van der Waals surface area contributed by atoms with Gasteiger partial charge in [-0.2, -0.15) is 0 Å². The van der Waals surface area contributed by atoms with Crippen molar-refractivity contribution in [2.75, 3.05) is 6.54 Å². The quantitative estimate of drug-likeness (QED) is 0.702. The predicted octanol–water partition coefficient (Wildman–Crippen LogP) is 1.69. The van der Waals surface area contributed by atoms with Crippen LogP contribution < -0.4 is 5.32 Å². The van der Waals surface area contributed by atoms with Crippen LogP contribution in [0, 0.1) is 0 Å². The summed E-state index contributed by atoms with van der Waals surface area (Å²) in [7, 11) is 0. The van der Waals surface area contributed by atoms with Gasteiger partial charge in [-0.15, -0.1) is 0 Å². The van der Waals surface area contributed by atoms with Gasteiger partial charge < -0.3 is 5.32 Å². The van der Waals surface area contributed by atoms with Crippen molar-refractivity contribution in [2.24, 2.45) is 0 Å². The molecule has 0 radical (unpaired) electrons. The van der Waals surface area contributed by atoms with Crippen LogP contribution in [-0.2, 0) is 4.79 Å². The first-order valence-corrected chi connectivity index (χ1v) is 4.25. The van der Waals surface area contributed by atoms with Crippen molar-refractivity contribution < 1.29 is 4.79 Å². The molecular formula is C7H14BrNO. The van der Waals surface area contributed by atoms with Gasteiger partial charge in [0.1, 0.15) is 0 Å². The number of hydrogen-bond donors (Lipinski definition) is 1. The topological polar surface area (TPSA) is 29.1 Å². The van der Waals surface area contributed by atoms with Crippen molar-refractivity contribution in [1.82, 2.24) is 5.32 Å². The Morgan fingerprint density at radius 2 is 2.10 bits per heavy atom. The van der Waals surface area contributed by atoms with E-state index >= 15 is 0 Å². The first-order valence-electron chi connectivity index (χ1n) is 3.45. The van der Waals surface area contributed by atoms with Crippen LogP contribution in [0.15, 0.2) is 0 Å². The fraction of sp³-hybridized carbons (Fsp3) is 0.857. The van der Waals surface area contributed by atoms with Gasteiger partial charge in [-0.1, -0.05) is 22.9 Å². The molecule has 1 N–H and O–H groups in total. The van der Waals surface area contributed by atoms with E-state index in [1.54, 1.807) is 0 Å². The van der Waals surface area contributed by atoms with Gasteiger partial charge in [0.25, 0.3) is 0 Å². The van der Waals surface area contributed by atoms with Crippen LogP contribution in [0.5, 0.6) is 0 Å². The minimum Gasteiger partial charge on any atom is -0.355 e. The molecule has 0 aromatic carbocycles. The lowest BCUT2D eigenvalue weighted by atomic mass is 10.2. The molecular weight excluding hydrogens is 194 g/mol. The van der Waals surface area contributed by atoms with Crippen molar-refractivity contribution in [2.45, 2.75) is 31.5 Å². The number of hydrogen-bond acceptors (Lipinski definition) is 1. The van der Waals surface area contributed by atoms with E-state index in [0.29, 0.717) is 0 Å². The van der Waals surface area contributed by atoms with Crippen LogP contribution in [-0.4, -0.2) is 16.8 Å². The van der Waals surface area contributed by atoms with Gasteiger partial charge >= 0.3 is 0 Å². The summed E-state index contributed by atoms with van der Waals surface area (Å²) in [6.07, 6.45) is 0.981. The zero-order chi connectivity index (χ0) is 8.20. The highest BCUT2D eigenvalue weighted by molar-refractivity contribution is 9.10. The molecule has 0 heterocycles. The Balaban J connectivity index is 3.64. The average Bonchev–Trinajstić information content (AvgIpc) is 1.80. The molecule has 0 aromatic heterocycles. The van der Waals surface area contributed by atoms with E-state index in [1.165, 1.54) is 0 Å². The molecule has 0 aromatic rings. The minimum atomic E-state index is -0.428. The van der Waals surface area contributed by atoms with E-state index < -0.39 is 4.32 Å². The molecule has 0 unspecified atom stereocenters. The van der Waals surface area contributed by atoms with Crippen LogP contribution in [0.2, 0.25) is 0 Å². The number of nitrogens with one attached hydrogen (secondary N) is 1. The molecule has 0 fully saturated rings. The van der Waals surface area contributed by atoms with E-state index in [-0.39, 0.29) is 5.91 Å². The lowest BCUT2D eigenvalue weighted by Gasteiger charge is -2.14.